The summed E-state index contributed by atoms with van der Waals surface area (Å²) in [5.74, 6) is -0.154. The molecule has 0 saturated heterocycles. The monoisotopic (exact) mass is 510 g/mol. The standard InChI is InChI=1S/C16H22ClN.C16H22FN/c2*1-15(2,3)13-10-12(17)9-11-7-8-18(14(11)13)16(4,5)6/h2*7-10H,1-6H3. The highest BCUT2D eigenvalue weighted by atomic mass is 35.5. The summed E-state index contributed by atoms with van der Waals surface area (Å²) in [7, 11) is 0. The fraction of sp³-hybridized carbons (Fsp3) is 0.500. The quantitative estimate of drug-likeness (QED) is 0.222. The van der Waals surface area contributed by atoms with E-state index in [0.717, 1.165) is 21.5 Å². The average Bonchev–Trinajstić information content (AvgIpc) is 3.29. The number of nitrogens with zero attached hydrogens (tertiary/aromatic N) is 2. The summed E-state index contributed by atoms with van der Waals surface area (Å²) in [5.41, 5.74) is 4.93. The van der Waals surface area contributed by atoms with E-state index in [0.29, 0.717) is 0 Å². The van der Waals surface area contributed by atoms with Gasteiger partial charge in [-0.25, -0.2) is 4.39 Å². The molecule has 4 rings (SSSR count). The van der Waals surface area contributed by atoms with Crippen molar-refractivity contribution in [3.8, 4) is 0 Å². The normalized spacial score (nSPS) is 13.3. The molecule has 4 aromatic rings. The van der Waals surface area contributed by atoms with Crippen molar-refractivity contribution in [2.75, 3.05) is 0 Å². The van der Waals surface area contributed by atoms with Crippen molar-refractivity contribution in [2.45, 2.75) is 105 Å². The minimum absolute atomic E-state index is 0.000417. The maximum atomic E-state index is 13.7. The van der Waals surface area contributed by atoms with Gasteiger partial charge in [-0.2, -0.15) is 0 Å². The maximum absolute atomic E-state index is 13.7. The van der Waals surface area contributed by atoms with Crippen LogP contribution in [0.4, 0.5) is 4.39 Å². The largest absolute Gasteiger partial charge is 0.342 e. The Morgan fingerprint density at radius 3 is 1.36 bits per heavy atom. The van der Waals surface area contributed by atoms with Crippen molar-refractivity contribution in [3.63, 3.8) is 0 Å². The predicted octanol–water partition coefficient (Wildman–Crippen LogP) is 10.2. The van der Waals surface area contributed by atoms with Gasteiger partial charge in [0.05, 0.1) is 11.0 Å². The molecule has 0 bridgehead atoms. The zero-order valence-corrected chi connectivity index (χ0v) is 25.0. The van der Waals surface area contributed by atoms with Gasteiger partial charge in [0.15, 0.2) is 0 Å². The third-order valence-electron chi connectivity index (χ3n) is 6.56. The van der Waals surface area contributed by atoms with Gasteiger partial charge >= 0.3 is 0 Å². The minimum atomic E-state index is -0.154. The van der Waals surface area contributed by atoms with E-state index in [2.05, 4.69) is 117 Å². The summed E-state index contributed by atoms with van der Waals surface area (Å²) in [4.78, 5) is 0. The fourth-order valence-electron chi connectivity index (χ4n) is 4.75. The maximum Gasteiger partial charge on any atom is 0.124 e. The van der Waals surface area contributed by atoms with Crippen molar-refractivity contribution in [1.29, 1.82) is 0 Å². The number of rotatable bonds is 0. The summed E-state index contributed by atoms with van der Waals surface area (Å²) >= 11 is 6.24. The Morgan fingerprint density at radius 1 is 0.583 bits per heavy atom. The average molecular weight is 511 g/mol. The Morgan fingerprint density at radius 2 is 0.972 bits per heavy atom. The van der Waals surface area contributed by atoms with E-state index >= 15 is 0 Å². The highest BCUT2D eigenvalue weighted by Gasteiger charge is 2.25. The first-order chi connectivity index (χ1) is 16.2. The van der Waals surface area contributed by atoms with Gasteiger partial charge in [-0.3, -0.25) is 0 Å². The van der Waals surface area contributed by atoms with Gasteiger partial charge in [0.25, 0.3) is 0 Å². The van der Waals surface area contributed by atoms with E-state index in [1.807, 2.05) is 12.1 Å². The molecule has 0 aliphatic carbocycles. The molecule has 4 heteroatoms. The molecule has 0 aliphatic heterocycles. The summed E-state index contributed by atoms with van der Waals surface area (Å²) in [6, 6.07) is 11.6. The highest BCUT2D eigenvalue weighted by molar-refractivity contribution is 6.31. The van der Waals surface area contributed by atoms with Crippen molar-refractivity contribution in [2.24, 2.45) is 0 Å². The van der Waals surface area contributed by atoms with E-state index in [-0.39, 0.29) is 27.7 Å². The van der Waals surface area contributed by atoms with Crippen molar-refractivity contribution < 1.29 is 4.39 Å². The van der Waals surface area contributed by atoms with Crippen LogP contribution in [0.5, 0.6) is 0 Å². The molecule has 2 aromatic carbocycles. The van der Waals surface area contributed by atoms with Crippen LogP contribution in [-0.4, -0.2) is 9.13 Å². The van der Waals surface area contributed by atoms with Crippen molar-refractivity contribution >= 4 is 33.4 Å². The molecule has 0 unspecified atom stereocenters. The van der Waals surface area contributed by atoms with E-state index in [1.54, 1.807) is 12.1 Å². The first-order valence-corrected chi connectivity index (χ1v) is 13.2. The topological polar surface area (TPSA) is 9.86 Å². The Bertz CT molecular complexity index is 1270. The van der Waals surface area contributed by atoms with E-state index in [4.69, 9.17) is 11.6 Å². The van der Waals surface area contributed by atoms with E-state index < -0.39 is 0 Å². The molecule has 0 spiro atoms. The molecule has 0 fully saturated rings. The number of hydrogen-bond acceptors (Lipinski definition) is 0. The molecule has 2 nitrogen and oxygen atoms in total. The second-order valence-corrected chi connectivity index (χ2v) is 14.4. The Balaban J connectivity index is 0.000000201. The van der Waals surface area contributed by atoms with Crippen LogP contribution >= 0.6 is 11.6 Å². The zero-order chi connectivity index (χ0) is 27.4. The zero-order valence-electron chi connectivity index (χ0n) is 24.3. The first-order valence-electron chi connectivity index (χ1n) is 12.8. The van der Waals surface area contributed by atoms with Crippen LogP contribution < -0.4 is 0 Å². The van der Waals surface area contributed by atoms with Gasteiger partial charge in [-0.1, -0.05) is 53.1 Å². The molecule has 0 amide bonds. The van der Waals surface area contributed by atoms with Crippen LogP contribution in [0.2, 0.25) is 5.02 Å². The van der Waals surface area contributed by atoms with Gasteiger partial charge in [0, 0.05) is 39.3 Å². The summed E-state index contributed by atoms with van der Waals surface area (Å²) < 4.78 is 18.3. The lowest BCUT2D eigenvalue weighted by atomic mass is 9.85. The molecule has 2 heterocycles. The smallest absolute Gasteiger partial charge is 0.124 e. The third kappa shape index (κ3) is 5.83. The van der Waals surface area contributed by atoms with Gasteiger partial charge in [-0.15, -0.1) is 0 Å². The van der Waals surface area contributed by atoms with Gasteiger partial charge in [0.1, 0.15) is 5.82 Å². The second kappa shape index (κ2) is 9.24. The van der Waals surface area contributed by atoms with Crippen molar-refractivity contribution in [1.82, 2.24) is 9.13 Å². The van der Waals surface area contributed by atoms with Gasteiger partial charge < -0.3 is 9.13 Å². The summed E-state index contributed by atoms with van der Waals surface area (Å²) in [6.07, 6.45) is 4.22. The molecular formula is C32H44ClFN2. The summed E-state index contributed by atoms with van der Waals surface area (Å²) in [5, 5.41) is 3.02. The summed E-state index contributed by atoms with van der Waals surface area (Å²) in [6.45, 7) is 26.3. The van der Waals surface area contributed by atoms with Gasteiger partial charge in [-0.05, 0) is 99.9 Å². The molecule has 196 valence electrons. The number of benzene rings is 2. The molecule has 0 atom stereocenters. The Kier molecular flexibility index (Phi) is 7.27. The lowest BCUT2D eigenvalue weighted by molar-refractivity contribution is 0.408. The van der Waals surface area contributed by atoms with Crippen LogP contribution in [0.15, 0.2) is 48.8 Å². The predicted molar refractivity (Wildman–Crippen MR) is 156 cm³/mol. The molecule has 0 saturated carbocycles. The van der Waals surface area contributed by atoms with E-state index in [1.165, 1.54) is 16.5 Å². The lowest BCUT2D eigenvalue weighted by Crippen LogP contribution is -2.23. The van der Waals surface area contributed by atoms with Gasteiger partial charge in [0.2, 0.25) is 0 Å². The fourth-order valence-corrected chi connectivity index (χ4v) is 4.98. The Hall–Kier alpha value is -2.26. The number of hydrogen-bond donors (Lipinski definition) is 0. The lowest BCUT2D eigenvalue weighted by Gasteiger charge is -2.28. The van der Waals surface area contributed by atoms with Crippen LogP contribution in [0.1, 0.15) is 94.2 Å². The van der Waals surface area contributed by atoms with Crippen LogP contribution in [-0.2, 0) is 21.9 Å². The Labute approximate surface area is 222 Å². The molecule has 0 radical (unpaired) electrons. The van der Waals surface area contributed by atoms with E-state index in [9.17, 15) is 4.39 Å². The molecule has 36 heavy (non-hydrogen) atoms. The van der Waals surface area contributed by atoms with Crippen LogP contribution in [0.25, 0.3) is 21.8 Å². The number of halogens is 2. The molecule has 0 N–H and O–H groups in total. The van der Waals surface area contributed by atoms with Crippen LogP contribution in [0, 0.1) is 5.82 Å². The number of aromatic nitrogens is 2. The molecule has 0 aliphatic rings. The SMILES string of the molecule is CC(C)(C)c1cc(Cl)cc2ccn(C(C)(C)C)c12.CC(C)(C)c1cc(F)cc2ccn(C(C)(C)C)c12. The number of fused-ring (bicyclic) bond motifs is 2. The van der Waals surface area contributed by atoms with Crippen molar-refractivity contribution in [3.05, 3.63) is 70.8 Å². The molecular weight excluding hydrogens is 467 g/mol. The molecule has 2 aromatic heterocycles. The third-order valence-corrected chi connectivity index (χ3v) is 6.78. The second-order valence-electron chi connectivity index (χ2n) is 14.0. The first kappa shape index (κ1) is 28.3. The minimum Gasteiger partial charge on any atom is -0.342 e. The highest BCUT2D eigenvalue weighted by Crippen LogP contribution is 2.36. The van der Waals surface area contributed by atoms with Crippen LogP contribution in [0.3, 0.4) is 0 Å².